The van der Waals surface area contributed by atoms with Crippen LogP contribution < -0.4 is 10.5 Å². The quantitative estimate of drug-likeness (QED) is 0.582. The summed E-state index contributed by atoms with van der Waals surface area (Å²) in [4.78, 5) is 10.6. The molecule has 3 N–H and O–H groups in total. The molecule has 0 aliphatic heterocycles. The van der Waals surface area contributed by atoms with Crippen LogP contribution in [0.3, 0.4) is 0 Å². The minimum Gasteiger partial charge on any atom is -0.468 e. The highest BCUT2D eigenvalue weighted by Gasteiger charge is 2.17. The van der Waals surface area contributed by atoms with E-state index >= 15 is 0 Å². The molecule has 0 heterocycles. The molecule has 1 aromatic carbocycles. The SMILES string of the molecule is COC(=O)CNS(=O)(=O)c1ccc(C#CCN)c(F)c1. The van der Waals surface area contributed by atoms with Gasteiger partial charge in [0.1, 0.15) is 12.4 Å². The Morgan fingerprint density at radius 3 is 2.75 bits per heavy atom. The molecule has 0 atom stereocenters. The number of benzene rings is 1. The minimum atomic E-state index is -3.99. The van der Waals surface area contributed by atoms with E-state index in [1.165, 1.54) is 12.1 Å². The van der Waals surface area contributed by atoms with Gasteiger partial charge in [-0.05, 0) is 18.2 Å². The summed E-state index contributed by atoms with van der Waals surface area (Å²) >= 11 is 0. The average Bonchev–Trinajstić information content (AvgIpc) is 2.43. The lowest BCUT2D eigenvalue weighted by Gasteiger charge is -2.06. The van der Waals surface area contributed by atoms with E-state index in [-0.39, 0.29) is 17.0 Å². The van der Waals surface area contributed by atoms with Crippen LogP contribution in [-0.2, 0) is 19.6 Å². The summed E-state index contributed by atoms with van der Waals surface area (Å²) in [6, 6.07) is 3.23. The van der Waals surface area contributed by atoms with E-state index in [1.807, 2.05) is 4.72 Å². The number of nitrogens with two attached hydrogens (primary N) is 1. The van der Waals surface area contributed by atoms with Gasteiger partial charge < -0.3 is 10.5 Å². The number of sulfonamides is 1. The monoisotopic (exact) mass is 300 g/mol. The molecule has 1 aromatic rings. The van der Waals surface area contributed by atoms with Gasteiger partial charge in [0.25, 0.3) is 0 Å². The van der Waals surface area contributed by atoms with Crippen molar-refractivity contribution in [3.05, 3.63) is 29.6 Å². The van der Waals surface area contributed by atoms with Crippen LogP contribution in [0.1, 0.15) is 5.56 Å². The summed E-state index contributed by atoms with van der Waals surface area (Å²) in [5.74, 6) is 3.40. The number of esters is 1. The lowest BCUT2D eigenvalue weighted by molar-refractivity contribution is -0.139. The average molecular weight is 300 g/mol. The summed E-state index contributed by atoms with van der Waals surface area (Å²) in [5.41, 5.74) is 5.20. The molecule has 0 saturated carbocycles. The Bertz CT molecular complexity index is 662. The second kappa shape index (κ2) is 7.00. The third-order valence-corrected chi connectivity index (χ3v) is 3.61. The molecule has 0 amide bonds. The fourth-order valence-electron chi connectivity index (χ4n) is 1.22. The van der Waals surface area contributed by atoms with Crippen LogP contribution in [-0.4, -0.2) is 34.6 Å². The molecule has 0 fully saturated rings. The first-order valence-electron chi connectivity index (χ1n) is 5.45. The predicted octanol–water partition coefficient (Wildman–Crippen LogP) is -0.413. The van der Waals surface area contributed by atoms with Crippen LogP contribution in [0, 0.1) is 17.7 Å². The largest absolute Gasteiger partial charge is 0.468 e. The molecule has 0 unspecified atom stereocenters. The molecule has 0 saturated heterocycles. The molecule has 1 rings (SSSR count). The van der Waals surface area contributed by atoms with Gasteiger partial charge in [-0.15, -0.1) is 0 Å². The van der Waals surface area contributed by atoms with E-state index in [9.17, 15) is 17.6 Å². The van der Waals surface area contributed by atoms with Crippen LogP contribution in [0.5, 0.6) is 0 Å². The topological polar surface area (TPSA) is 98.5 Å². The summed E-state index contributed by atoms with van der Waals surface area (Å²) in [7, 11) is -2.86. The maximum absolute atomic E-state index is 13.6. The Kier molecular flexibility index (Phi) is 5.64. The summed E-state index contributed by atoms with van der Waals surface area (Å²) in [6.07, 6.45) is 0. The van der Waals surface area contributed by atoms with Gasteiger partial charge in [-0.25, -0.2) is 12.8 Å². The van der Waals surface area contributed by atoms with Crippen molar-refractivity contribution in [2.24, 2.45) is 5.73 Å². The van der Waals surface area contributed by atoms with Crippen LogP contribution >= 0.6 is 0 Å². The molecule has 6 nitrogen and oxygen atoms in total. The fourth-order valence-corrected chi connectivity index (χ4v) is 2.20. The van der Waals surface area contributed by atoms with Gasteiger partial charge in [0.15, 0.2) is 0 Å². The first-order valence-corrected chi connectivity index (χ1v) is 6.94. The number of methoxy groups -OCH3 is 1. The fraction of sp³-hybridized carbons (Fsp3) is 0.250. The molecule has 0 aromatic heterocycles. The molecule has 20 heavy (non-hydrogen) atoms. The van der Waals surface area contributed by atoms with Gasteiger partial charge in [-0.1, -0.05) is 11.8 Å². The molecule has 0 aliphatic carbocycles. The van der Waals surface area contributed by atoms with Gasteiger partial charge in [0.05, 0.1) is 24.1 Å². The van der Waals surface area contributed by atoms with Crippen molar-refractivity contribution in [3.63, 3.8) is 0 Å². The summed E-state index contributed by atoms with van der Waals surface area (Å²) in [5, 5.41) is 0. The molecular weight excluding hydrogens is 287 g/mol. The highest BCUT2D eigenvalue weighted by Crippen LogP contribution is 2.14. The van der Waals surface area contributed by atoms with E-state index in [0.29, 0.717) is 0 Å². The van der Waals surface area contributed by atoms with E-state index in [1.54, 1.807) is 0 Å². The first kappa shape index (κ1) is 16.1. The first-order chi connectivity index (χ1) is 9.40. The zero-order chi connectivity index (χ0) is 15.2. The van der Waals surface area contributed by atoms with Crippen LogP contribution in [0.25, 0.3) is 0 Å². The van der Waals surface area contributed by atoms with E-state index in [0.717, 1.165) is 13.2 Å². The molecule has 108 valence electrons. The third-order valence-electron chi connectivity index (χ3n) is 2.21. The van der Waals surface area contributed by atoms with Crippen molar-refractivity contribution in [1.82, 2.24) is 4.72 Å². The Hall–Kier alpha value is -1.95. The number of hydrogen-bond acceptors (Lipinski definition) is 5. The normalized spacial score (nSPS) is 10.6. The highest BCUT2D eigenvalue weighted by atomic mass is 32.2. The molecular formula is C12H13FN2O4S. The maximum Gasteiger partial charge on any atom is 0.320 e. The number of carbonyl (C=O) groups excluding carboxylic acids is 1. The highest BCUT2D eigenvalue weighted by molar-refractivity contribution is 7.89. The lowest BCUT2D eigenvalue weighted by atomic mass is 10.2. The second-order valence-corrected chi connectivity index (χ2v) is 5.32. The number of carbonyl (C=O) groups is 1. The van der Waals surface area contributed by atoms with Gasteiger partial charge in [0, 0.05) is 0 Å². The van der Waals surface area contributed by atoms with Crippen molar-refractivity contribution in [1.29, 1.82) is 0 Å². The van der Waals surface area contributed by atoms with Crippen molar-refractivity contribution in [2.45, 2.75) is 4.90 Å². The zero-order valence-electron chi connectivity index (χ0n) is 10.6. The molecule has 0 aliphatic rings. The Morgan fingerprint density at radius 2 is 2.20 bits per heavy atom. The second-order valence-electron chi connectivity index (χ2n) is 3.55. The molecule has 0 radical (unpaired) electrons. The van der Waals surface area contributed by atoms with Crippen LogP contribution in [0.4, 0.5) is 4.39 Å². The number of rotatable bonds is 4. The van der Waals surface area contributed by atoms with Gasteiger partial charge in [0.2, 0.25) is 10.0 Å². The van der Waals surface area contributed by atoms with Gasteiger partial charge >= 0.3 is 5.97 Å². The van der Waals surface area contributed by atoms with Crippen LogP contribution in [0.2, 0.25) is 0 Å². The van der Waals surface area contributed by atoms with Crippen molar-refractivity contribution < 1.29 is 22.3 Å². The maximum atomic E-state index is 13.6. The Morgan fingerprint density at radius 1 is 1.50 bits per heavy atom. The molecule has 8 heteroatoms. The van der Waals surface area contributed by atoms with Crippen LogP contribution in [0.15, 0.2) is 23.1 Å². The third kappa shape index (κ3) is 4.31. The lowest BCUT2D eigenvalue weighted by Crippen LogP contribution is -2.30. The Balaban J connectivity index is 2.97. The number of hydrogen-bond donors (Lipinski definition) is 2. The van der Waals surface area contributed by atoms with Crippen molar-refractivity contribution in [3.8, 4) is 11.8 Å². The van der Waals surface area contributed by atoms with Crippen molar-refractivity contribution >= 4 is 16.0 Å². The number of halogens is 1. The molecule has 0 bridgehead atoms. The smallest absolute Gasteiger partial charge is 0.320 e. The van der Waals surface area contributed by atoms with Gasteiger partial charge in [-0.3, -0.25) is 4.79 Å². The summed E-state index contributed by atoms with van der Waals surface area (Å²) < 4.78 is 43.5. The molecule has 0 spiro atoms. The standard InChI is InChI=1S/C12H13FN2O4S/c1-19-12(16)8-15-20(17,18)10-5-4-9(3-2-6-14)11(13)7-10/h4-5,7,15H,6,8,14H2,1H3. The van der Waals surface area contributed by atoms with E-state index < -0.39 is 28.4 Å². The van der Waals surface area contributed by atoms with Crippen molar-refractivity contribution in [2.75, 3.05) is 20.2 Å². The Labute approximate surface area is 116 Å². The predicted molar refractivity (Wildman–Crippen MR) is 69.5 cm³/mol. The van der Waals surface area contributed by atoms with E-state index in [4.69, 9.17) is 5.73 Å². The van der Waals surface area contributed by atoms with E-state index in [2.05, 4.69) is 16.6 Å². The van der Waals surface area contributed by atoms with Gasteiger partial charge in [-0.2, -0.15) is 4.72 Å². The zero-order valence-corrected chi connectivity index (χ0v) is 11.5. The number of ether oxygens (including phenoxy) is 1. The number of nitrogens with one attached hydrogen (secondary N) is 1. The summed E-state index contributed by atoms with van der Waals surface area (Å²) in [6.45, 7) is -0.463. The minimum absolute atomic E-state index is 0.0439.